The number of aliphatic hydroxyl groups is 2. The van der Waals surface area contributed by atoms with Crippen molar-refractivity contribution in [2.45, 2.75) is 63.8 Å². The molecule has 0 amide bonds. The molecule has 0 bridgehead atoms. The van der Waals surface area contributed by atoms with Gasteiger partial charge in [0.1, 0.15) is 18.5 Å². The Kier molecular flexibility index (Phi) is 12.2. The third-order valence-electron chi connectivity index (χ3n) is 5.91. The molecule has 12 heteroatoms. The Morgan fingerprint density at radius 3 is 2.79 bits per heavy atom. The minimum Gasteiger partial charge on any atom is -0.502 e. The quantitative estimate of drug-likeness (QED) is 0.0613. The normalized spacial score (nSPS) is 20.0. The molecule has 1 aliphatic carbocycles. The maximum absolute atomic E-state index is 12.8. The minimum atomic E-state index is -4.49. The average molecular weight is 544 g/mol. The maximum Gasteiger partial charge on any atom is 0.416 e. The van der Waals surface area contributed by atoms with Crippen LogP contribution in [-0.2, 0) is 20.5 Å². The second-order valence-electron chi connectivity index (χ2n) is 8.97. The number of alkyl halides is 3. The number of carbonyl (C=O) groups is 1. The van der Waals surface area contributed by atoms with Crippen LogP contribution < -0.4 is 4.74 Å². The van der Waals surface area contributed by atoms with Gasteiger partial charge in [0.2, 0.25) is 0 Å². The highest BCUT2D eigenvalue weighted by atomic mass is 19.4. The van der Waals surface area contributed by atoms with Gasteiger partial charge in [0.05, 0.1) is 11.7 Å². The Hall–Kier alpha value is -3.50. The number of hydrogen-bond donors (Lipinski definition) is 2. The van der Waals surface area contributed by atoms with Gasteiger partial charge in [-0.2, -0.15) is 13.2 Å². The summed E-state index contributed by atoms with van der Waals surface area (Å²) in [5, 5.41) is 29.6. The van der Waals surface area contributed by atoms with Crippen LogP contribution in [0.25, 0.3) is 0 Å². The summed E-state index contributed by atoms with van der Waals surface area (Å²) in [5.41, 5.74) is 1.86. The van der Waals surface area contributed by atoms with Crippen molar-refractivity contribution in [2.24, 2.45) is 11.8 Å². The Morgan fingerprint density at radius 1 is 1.32 bits per heavy atom. The third kappa shape index (κ3) is 11.3. The number of aliphatic hydroxyl groups excluding tert-OH is 2. The van der Waals surface area contributed by atoms with E-state index in [0.29, 0.717) is 32.1 Å². The Bertz CT molecular complexity index is 1020. The molecule has 4 atom stereocenters. The molecule has 9 nitrogen and oxygen atoms in total. The van der Waals surface area contributed by atoms with Crippen molar-refractivity contribution in [1.29, 1.82) is 0 Å². The summed E-state index contributed by atoms with van der Waals surface area (Å²) in [6.45, 7) is 0.873. The van der Waals surface area contributed by atoms with Gasteiger partial charge in [-0.15, -0.1) is 10.1 Å². The molecule has 1 aliphatic rings. The van der Waals surface area contributed by atoms with E-state index in [0.717, 1.165) is 12.1 Å². The smallest absolute Gasteiger partial charge is 0.416 e. The van der Waals surface area contributed by atoms with Crippen LogP contribution in [0, 0.1) is 22.0 Å². The van der Waals surface area contributed by atoms with E-state index < -0.39 is 35.0 Å². The summed E-state index contributed by atoms with van der Waals surface area (Å²) in [5.74, 6) is -0.923. The second kappa shape index (κ2) is 15.0. The number of unbranched alkanes of at least 4 members (excludes halogenated alkanes) is 1. The van der Waals surface area contributed by atoms with Gasteiger partial charge in [0.15, 0.2) is 12.4 Å². The molecule has 1 aromatic rings. The lowest BCUT2D eigenvalue weighted by molar-refractivity contribution is -0.767. The van der Waals surface area contributed by atoms with Crippen molar-refractivity contribution >= 4 is 5.97 Å². The zero-order valence-electron chi connectivity index (χ0n) is 20.9. The summed E-state index contributed by atoms with van der Waals surface area (Å²) < 4.78 is 48.6. The molecule has 1 aromatic carbocycles. The topological polar surface area (TPSA) is 128 Å². The fraction of sp³-hybridized carbons (Fsp3) is 0.538. The second-order valence-corrected chi connectivity index (χ2v) is 8.97. The van der Waals surface area contributed by atoms with Crippen molar-refractivity contribution in [2.75, 3.05) is 13.2 Å². The van der Waals surface area contributed by atoms with Crippen LogP contribution in [0.5, 0.6) is 5.75 Å². The van der Waals surface area contributed by atoms with Crippen LogP contribution in [0.1, 0.15) is 51.0 Å². The number of ether oxygens (including phenoxy) is 2. The standard InChI is InChI=1S/C26H32F3NO8/c1-18(38-30(34)35)16-37-25(33)10-5-3-2-4-9-23-19(12-14-24(23)32)11-13-21(31)17-36-22-8-6-7-20(15-22)26(27,28)29/h2,4,6-8,11,15,18-19,23-24,31-32H,3,5,9-10,12,14,16-17H2,1H3/b4-2-/t13?,18?,19-,23+,24-/m0/s1. The summed E-state index contributed by atoms with van der Waals surface area (Å²) >= 11 is 0. The van der Waals surface area contributed by atoms with Gasteiger partial charge in [-0.3, -0.25) is 4.79 Å². The van der Waals surface area contributed by atoms with E-state index in [2.05, 4.69) is 10.6 Å². The number of allylic oxidation sites excluding steroid dienone is 2. The third-order valence-corrected chi connectivity index (χ3v) is 5.91. The molecule has 2 N–H and O–H groups in total. The molecule has 38 heavy (non-hydrogen) atoms. The lowest BCUT2D eigenvalue weighted by atomic mass is 9.91. The fourth-order valence-corrected chi connectivity index (χ4v) is 3.97. The molecule has 0 radical (unpaired) electrons. The number of benzene rings is 1. The molecule has 0 saturated heterocycles. The first-order chi connectivity index (χ1) is 18.0. The van der Waals surface area contributed by atoms with Crippen molar-refractivity contribution < 1.29 is 47.6 Å². The van der Waals surface area contributed by atoms with Crippen molar-refractivity contribution in [3.8, 4) is 5.75 Å². The Morgan fingerprint density at radius 2 is 2.08 bits per heavy atom. The summed E-state index contributed by atoms with van der Waals surface area (Å²) in [4.78, 5) is 26.1. The Balaban J connectivity index is 1.76. The maximum atomic E-state index is 12.8. The van der Waals surface area contributed by atoms with E-state index in [4.69, 9.17) is 9.47 Å². The van der Waals surface area contributed by atoms with E-state index in [1.54, 1.807) is 6.08 Å². The molecular formula is C26H32F3NO8. The van der Waals surface area contributed by atoms with E-state index in [1.807, 2.05) is 12.2 Å². The van der Waals surface area contributed by atoms with E-state index in [1.165, 1.54) is 19.1 Å². The molecule has 1 saturated carbocycles. The first-order valence-electron chi connectivity index (χ1n) is 12.2. The average Bonchev–Trinajstić information content (AvgIpc) is 3.20. The molecule has 210 valence electrons. The largest absolute Gasteiger partial charge is 0.502 e. The zero-order valence-corrected chi connectivity index (χ0v) is 20.9. The monoisotopic (exact) mass is 543 g/mol. The van der Waals surface area contributed by atoms with E-state index in [-0.39, 0.29) is 43.0 Å². The van der Waals surface area contributed by atoms with Gasteiger partial charge in [-0.25, -0.2) is 0 Å². The summed E-state index contributed by atoms with van der Waals surface area (Å²) in [6, 6.07) is 4.36. The first-order valence-corrected chi connectivity index (χ1v) is 12.2. The van der Waals surface area contributed by atoms with Crippen molar-refractivity contribution in [1.82, 2.24) is 0 Å². The van der Waals surface area contributed by atoms with Gasteiger partial charge < -0.3 is 24.5 Å². The van der Waals surface area contributed by atoms with E-state index >= 15 is 0 Å². The van der Waals surface area contributed by atoms with Crippen molar-refractivity contribution in [3.05, 3.63) is 69.7 Å². The lowest BCUT2D eigenvalue weighted by Crippen LogP contribution is -2.21. The van der Waals surface area contributed by atoms with Gasteiger partial charge in [-0.05, 0) is 75.1 Å². The zero-order chi connectivity index (χ0) is 28.1. The SMILES string of the molecule is CC(COC(=O)CCC/C=C\C[C@H]1[C@@H](O)CC[C@@H]1C=C=C(O)COc1cccc(C(F)(F)F)c1)O[N+](=O)[O-]. The molecule has 0 spiro atoms. The van der Waals surface area contributed by atoms with Gasteiger partial charge in [-0.1, -0.05) is 23.9 Å². The van der Waals surface area contributed by atoms with E-state index in [9.17, 15) is 38.3 Å². The van der Waals surface area contributed by atoms with Gasteiger partial charge in [0.25, 0.3) is 5.09 Å². The number of rotatable bonds is 14. The van der Waals surface area contributed by atoms with Crippen LogP contribution >= 0.6 is 0 Å². The first kappa shape index (κ1) is 30.7. The van der Waals surface area contributed by atoms with Crippen molar-refractivity contribution in [3.63, 3.8) is 0 Å². The number of hydrogen-bond acceptors (Lipinski definition) is 8. The van der Waals surface area contributed by atoms with Crippen LogP contribution in [0.2, 0.25) is 0 Å². The molecule has 1 fully saturated rings. The van der Waals surface area contributed by atoms with Crippen LogP contribution in [0.15, 0.2) is 54.0 Å². The van der Waals surface area contributed by atoms with Crippen LogP contribution in [0.3, 0.4) is 0 Å². The minimum absolute atomic E-state index is 0.0286. The Labute approximate surface area is 218 Å². The predicted molar refractivity (Wildman–Crippen MR) is 129 cm³/mol. The summed E-state index contributed by atoms with van der Waals surface area (Å²) in [7, 11) is 0. The fourth-order valence-electron chi connectivity index (χ4n) is 3.97. The highest BCUT2D eigenvalue weighted by Crippen LogP contribution is 2.36. The van der Waals surface area contributed by atoms with Crippen LogP contribution in [0.4, 0.5) is 13.2 Å². The van der Waals surface area contributed by atoms with Gasteiger partial charge in [0, 0.05) is 6.42 Å². The van der Waals surface area contributed by atoms with Gasteiger partial charge >= 0.3 is 12.1 Å². The molecule has 0 heterocycles. The number of halogens is 3. The number of nitrogens with zero attached hydrogens (tertiary/aromatic N) is 1. The number of esters is 1. The van der Waals surface area contributed by atoms with Crippen LogP contribution in [-0.4, -0.2) is 46.7 Å². The molecule has 2 rings (SSSR count). The summed E-state index contributed by atoms with van der Waals surface area (Å²) in [6.07, 6.45) is 2.75. The highest BCUT2D eigenvalue weighted by Gasteiger charge is 2.32. The molecule has 0 aromatic heterocycles. The molecule has 0 aliphatic heterocycles. The highest BCUT2D eigenvalue weighted by molar-refractivity contribution is 5.69. The molecular weight excluding hydrogens is 511 g/mol. The number of carbonyl (C=O) groups excluding carboxylic acids is 1. The lowest BCUT2D eigenvalue weighted by Gasteiger charge is -2.17. The predicted octanol–water partition coefficient (Wildman–Crippen LogP) is 5.32. The molecule has 1 unspecified atom stereocenters.